The molecule has 2 aromatic carbocycles. The number of amides is 2. The second-order valence-corrected chi connectivity index (χ2v) is 12.1. The fourth-order valence-electron chi connectivity index (χ4n) is 5.00. The first-order valence-electron chi connectivity index (χ1n) is 13.5. The Hall–Kier alpha value is -2.07. The summed E-state index contributed by atoms with van der Waals surface area (Å²) in [6.45, 7) is 4.18. The molecule has 1 aliphatic heterocycles. The summed E-state index contributed by atoms with van der Waals surface area (Å²) in [6.07, 6.45) is 2.51. The van der Waals surface area contributed by atoms with Crippen molar-refractivity contribution in [2.45, 2.75) is 70.1 Å². The van der Waals surface area contributed by atoms with Gasteiger partial charge in [-0.25, -0.2) is 0 Å². The Morgan fingerprint density at radius 3 is 1.83 bits per heavy atom. The minimum Gasteiger partial charge on any atom is -0.466 e. The molecule has 0 saturated carbocycles. The van der Waals surface area contributed by atoms with Crippen LogP contribution >= 0.6 is 46.4 Å². The van der Waals surface area contributed by atoms with Crippen molar-refractivity contribution in [2.24, 2.45) is 11.5 Å². The molecule has 0 bridgehead atoms. The molecule has 8 nitrogen and oxygen atoms in total. The van der Waals surface area contributed by atoms with Crippen LogP contribution in [0.4, 0.5) is 0 Å². The van der Waals surface area contributed by atoms with Crippen molar-refractivity contribution in [1.82, 2.24) is 9.80 Å². The summed E-state index contributed by atoms with van der Waals surface area (Å²) in [5.41, 5.74) is 14.4. The van der Waals surface area contributed by atoms with Crippen LogP contribution in [0.3, 0.4) is 0 Å². The lowest BCUT2D eigenvalue weighted by Crippen LogP contribution is -2.64. The number of piperazine rings is 1. The lowest BCUT2D eigenvalue weighted by atomic mass is 9.97. The number of nitrogens with two attached hydrogens (primary N) is 2. The molecule has 0 aliphatic carbocycles. The standard InChI is InChI=1S/C29H36Cl4N4O4/c1-17-15-37(29(40)27(35)14-20-7-9-23(31)25(33)12-20)21(5-3-4-10-41-18(2)38)16-36(17)28(39)26(34)13-19-6-8-22(30)24(32)11-19/h6-9,11-12,17,21,26-27H,3-5,10,13-16,34-35H2,1-2H3/t17-,21?,26-,27-/m1/s1. The van der Waals surface area contributed by atoms with Gasteiger partial charge in [0.25, 0.3) is 0 Å². The van der Waals surface area contributed by atoms with Crippen molar-refractivity contribution < 1.29 is 19.1 Å². The Morgan fingerprint density at radius 2 is 1.34 bits per heavy atom. The smallest absolute Gasteiger partial charge is 0.302 e. The zero-order chi connectivity index (χ0) is 30.3. The summed E-state index contributed by atoms with van der Waals surface area (Å²) < 4.78 is 5.05. The molecule has 1 unspecified atom stereocenters. The minimum absolute atomic E-state index is 0.208. The highest BCUT2D eigenvalue weighted by Crippen LogP contribution is 2.26. The molecule has 4 atom stereocenters. The lowest BCUT2D eigenvalue weighted by Gasteiger charge is -2.47. The molecule has 12 heteroatoms. The first-order valence-corrected chi connectivity index (χ1v) is 15.0. The fourth-order valence-corrected chi connectivity index (χ4v) is 5.64. The molecule has 2 amide bonds. The second-order valence-electron chi connectivity index (χ2n) is 10.4. The molecule has 224 valence electrons. The van der Waals surface area contributed by atoms with Crippen LogP contribution in [0.5, 0.6) is 0 Å². The van der Waals surface area contributed by atoms with E-state index >= 15 is 0 Å². The maximum atomic E-state index is 13.6. The van der Waals surface area contributed by atoms with Gasteiger partial charge in [0.1, 0.15) is 0 Å². The number of benzene rings is 2. The third-order valence-electron chi connectivity index (χ3n) is 7.16. The van der Waals surface area contributed by atoms with Gasteiger partial charge in [-0.15, -0.1) is 0 Å². The van der Waals surface area contributed by atoms with Crippen LogP contribution in [0.2, 0.25) is 20.1 Å². The molecule has 1 heterocycles. The molecule has 4 N–H and O–H groups in total. The van der Waals surface area contributed by atoms with Gasteiger partial charge in [0.2, 0.25) is 11.8 Å². The largest absolute Gasteiger partial charge is 0.466 e. The van der Waals surface area contributed by atoms with E-state index in [0.717, 1.165) is 11.1 Å². The van der Waals surface area contributed by atoms with Crippen molar-refractivity contribution in [3.05, 3.63) is 67.6 Å². The number of hydrogen-bond donors (Lipinski definition) is 2. The molecule has 41 heavy (non-hydrogen) atoms. The lowest BCUT2D eigenvalue weighted by molar-refractivity contribution is -0.148. The fraction of sp³-hybridized carbons (Fsp3) is 0.483. The van der Waals surface area contributed by atoms with E-state index in [9.17, 15) is 14.4 Å². The van der Waals surface area contributed by atoms with Gasteiger partial charge in [-0.05, 0) is 74.4 Å². The topological polar surface area (TPSA) is 119 Å². The summed E-state index contributed by atoms with van der Waals surface area (Å²) >= 11 is 24.3. The highest BCUT2D eigenvalue weighted by molar-refractivity contribution is 6.42. The summed E-state index contributed by atoms with van der Waals surface area (Å²) in [7, 11) is 0. The van der Waals surface area contributed by atoms with Gasteiger partial charge in [0, 0.05) is 32.1 Å². The second kappa shape index (κ2) is 15.4. The van der Waals surface area contributed by atoms with Crippen LogP contribution in [0.15, 0.2) is 36.4 Å². The van der Waals surface area contributed by atoms with Crippen LogP contribution < -0.4 is 11.5 Å². The number of carbonyl (C=O) groups is 3. The molecule has 1 aliphatic rings. The third-order valence-corrected chi connectivity index (χ3v) is 8.64. The summed E-state index contributed by atoms with van der Waals surface area (Å²) in [6, 6.07) is 8.20. The highest BCUT2D eigenvalue weighted by Gasteiger charge is 2.39. The van der Waals surface area contributed by atoms with Gasteiger partial charge in [-0.3, -0.25) is 14.4 Å². The molecule has 0 aromatic heterocycles. The van der Waals surface area contributed by atoms with E-state index < -0.39 is 12.1 Å². The number of ether oxygens (including phenoxy) is 1. The molecule has 0 radical (unpaired) electrons. The molecule has 1 saturated heterocycles. The van der Waals surface area contributed by atoms with Crippen molar-refractivity contribution in [1.29, 1.82) is 0 Å². The average molecular weight is 646 g/mol. The first-order chi connectivity index (χ1) is 19.4. The normalized spacial score (nSPS) is 18.6. The predicted molar refractivity (Wildman–Crippen MR) is 163 cm³/mol. The number of carbonyl (C=O) groups excluding carboxylic acids is 3. The first kappa shape index (κ1) is 33.4. The van der Waals surface area contributed by atoms with Gasteiger partial charge in [-0.2, -0.15) is 0 Å². The zero-order valence-electron chi connectivity index (χ0n) is 23.1. The molecule has 0 spiro atoms. The Kier molecular flexibility index (Phi) is 12.6. The Labute approximate surface area is 261 Å². The van der Waals surface area contributed by atoms with E-state index in [4.69, 9.17) is 62.6 Å². The zero-order valence-corrected chi connectivity index (χ0v) is 26.1. The summed E-state index contributed by atoms with van der Waals surface area (Å²) in [5, 5.41) is 1.65. The maximum Gasteiger partial charge on any atom is 0.302 e. The third kappa shape index (κ3) is 9.46. The van der Waals surface area contributed by atoms with Crippen LogP contribution in [0.1, 0.15) is 44.2 Å². The van der Waals surface area contributed by atoms with Crippen molar-refractivity contribution in [3.63, 3.8) is 0 Å². The Bertz CT molecular complexity index is 1250. The Morgan fingerprint density at radius 1 is 0.829 bits per heavy atom. The van der Waals surface area contributed by atoms with Crippen LogP contribution in [0, 0.1) is 0 Å². The number of hydrogen-bond acceptors (Lipinski definition) is 6. The van der Waals surface area contributed by atoms with Crippen LogP contribution in [0.25, 0.3) is 0 Å². The number of unbranched alkanes of at least 4 members (excludes halogenated alkanes) is 1. The van der Waals surface area contributed by atoms with Crippen molar-refractivity contribution in [2.75, 3.05) is 19.7 Å². The van der Waals surface area contributed by atoms with E-state index in [-0.39, 0.29) is 36.3 Å². The van der Waals surface area contributed by atoms with Crippen molar-refractivity contribution in [3.8, 4) is 0 Å². The average Bonchev–Trinajstić information content (AvgIpc) is 2.92. The van der Waals surface area contributed by atoms with Gasteiger partial charge in [0.05, 0.1) is 38.8 Å². The molecule has 2 aromatic rings. The van der Waals surface area contributed by atoms with Gasteiger partial charge in [0.15, 0.2) is 0 Å². The maximum absolute atomic E-state index is 13.6. The Balaban J connectivity index is 1.72. The quantitative estimate of drug-likeness (QED) is 0.265. The molecular formula is C29H36Cl4N4O4. The number of halogens is 4. The van der Waals surface area contributed by atoms with E-state index in [1.807, 2.05) is 6.92 Å². The van der Waals surface area contributed by atoms with Gasteiger partial charge in [-0.1, -0.05) is 58.5 Å². The minimum atomic E-state index is -0.804. The summed E-state index contributed by atoms with van der Waals surface area (Å²) in [4.78, 5) is 41.8. The highest BCUT2D eigenvalue weighted by atomic mass is 35.5. The number of esters is 1. The molecule has 1 fully saturated rings. The monoisotopic (exact) mass is 644 g/mol. The van der Waals surface area contributed by atoms with E-state index in [1.54, 1.807) is 46.2 Å². The van der Waals surface area contributed by atoms with Crippen molar-refractivity contribution >= 4 is 64.2 Å². The number of rotatable bonds is 11. The molecule has 3 rings (SSSR count). The summed E-state index contributed by atoms with van der Waals surface area (Å²) in [5.74, 6) is -0.755. The van der Waals surface area contributed by atoms with Crippen LogP contribution in [-0.4, -0.2) is 71.4 Å². The van der Waals surface area contributed by atoms with E-state index in [1.165, 1.54) is 6.92 Å². The van der Waals surface area contributed by atoms with E-state index in [2.05, 4.69) is 0 Å². The number of nitrogens with zero attached hydrogens (tertiary/aromatic N) is 2. The SMILES string of the molecule is CC(=O)OCCCCC1CN(C(=O)[C@H](N)Cc2ccc(Cl)c(Cl)c2)[C@H](C)CN1C(=O)[C@H](N)Cc1ccc(Cl)c(Cl)c1. The van der Waals surface area contributed by atoms with E-state index in [0.29, 0.717) is 65.5 Å². The predicted octanol–water partition coefficient (Wildman–Crippen LogP) is 4.90. The molecular weight excluding hydrogens is 610 g/mol. The van der Waals surface area contributed by atoms with Gasteiger partial charge >= 0.3 is 5.97 Å². The van der Waals surface area contributed by atoms with Crippen LogP contribution in [-0.2, 0) is 32.0 Å². The van der Waals surface area contributed by atoms with Gasteiger partial charge < -0.3 is 26.0 Å².